The van der Waals surface area contributed by atoms with Crippen molar-refractivity contribution in [1.82, 2.24) is 23.7 Å². The number of fused-ring (bicyclic) bond motifs is 2. The average Bonchev–Trinajstić information content (AvgIpc) is 3.75. The highest BCUT2D eigenvalue weighted by Crippen LogP contribution is 2.24. The highest BCUT2D eigenvalue weighted by molar-refractivity contribution is 7.90. The first-order chi connectivity index (χ1) is 24.8. The van der Waals surface area contributed by atoms with E-state index in [1.807, 2.05) is 81.4 Å². The number of pyridine rings is 2. The zero-order valence-electron chi connectivity index (χ0n) is 32.8. The number of nitrogen functional groups attached to an aromatic ring is 2. The van der Waals surface area contributed by atoms with Gasteiger partial charge in [-0.25, -0.2) is 27.0 Å². The summed E-state index contributed by atoms with van der Waals surface area (Å²) in [5.41, 5.74) is 14.6. The van der Waals surface area contributed by atoms with E-state index in [0.717, 1.165) is 27.3 Å². The van der Waals surface area contributed by atoms with Crippen LogP contribution in [0.3, 0.4) is 0 Å². The molecule has 4 N–H and O–H groups in total. The Morgan fingerprint density at radius 2 is 1.25 bits per heavy atom. The van der Waals surface area contributed by atoms with Gasteiger partial charge in [0.15, 0.2) is 5.65 Å². The molecule has 0 radical (unpaired) electrons. The van der Waals surface area contributed by atoms with Crippen LogP contribution in [0, 0.1) is 0 Å². The zero-order chi connectivity index (χ0) is 40.0. The summed E-state index contributed by atoms with van der Waals surface area (Å²) in [6.45, 7) is 21.8. The third-order valence-corrected chi connectivity index (χ3v) is 9.10. The number of anilines is 2. The largest absolute Gasteiger partial charge is 0.444 e. The summed E-state index contributed by atoms with van der Waals surface area (Å²) in [5, 5.41) is 0.627. The maximum absolute atomic E-state index is 12.5. The zero-order valence-corrected chi connectivity index (χ0v) is 33.6. The molecular formula is C39H57N7O6S. The lowest BCUT2D eigenvalue weighted by atomic mass is 10.2. The Morgan fingerprint density at radius 1 is 0.755 bits per heavy atom. The first-order valence-electron chi connectivity index (χ1n) is 17.7. The van der Waals surface area contributed by atoms with Crippen molar-refractivity contribution in [2.45, 2.75) is 91.8 Å². The number of ether oxygens (including phenoxy) is 2. The molecule has 14 heteroatoms. The van der Waals surface area contributed by atoms with E-state index in [0.29, 0.717) is 42.9 Å². The summed E-state index contributed by atoms with van der Waals surface area (Å²) in [4.78, 5) is 34.5. The number of benzene rings is 1. The highest BCUT2D eigenvalue weighted by atomic mass is 32.2. The number of hydrogen-bond acceptors (Lipinski definition) is 10. The molecule has 0 saturated carbocycles. The fourth-order valence-electron chi connectivity index (χ4n) is 4.73. The van der Waals surface area contributed by atoms with Gasteiger partial charge in [0.2, 0.25) is 0 Å². The van der Waals surface area contributed by atoms with Gasteiger partial charge in [-0.3, -0.25) is 4.98 Å². The molecular weight excluding hydrogens is 695 g/mol. The van der Waals surface area contributed by atoms with Crippen LogP contribution < -0.4 is 11.5 Å². The van der Waals surface area contributed by atoms with Gasteiger partial charge in [-0.15, -0.1) is 0 Å². The van der Waals surface area contributed by atoms with Gasteiger partial charge in [-0.05, 0) is 99.6 Å². The minimum Gasteiger partial charge on any atom is -0.444 e. The molecule has 3 aromatic heterocycles. The molecule has 1 aliphatic rings. The van der Waals surface area contributed by atoms with E-state index in [-0.39, 0.29) is 28.3 Å². The maximum atomic E-state index is 12.5. The second kappa shape index (κ2) is 19.6. The summed E-state index contributed by atoms with van der Waals surface area (Å²) in [7, 11) is -3.64. The van der Waals surface area contributed by atoms with Gasteiger partial charge in [0.05, 0.1) is 10.6 Å². The topological polar surface area (TPSA) is 176 Å². The van der Waals surface area contributed by atoms with E-state index in [4.69, 9.17) is 20.9 Å². The number of carbonyl (C=O) groups is 2. The fraction of sp³-hybridized carbons (Fsp3) is 0.436. The van der Waals surface area contributed by atoms with E-state index in [1.165, 1.54) is 12.4 Å². The van der Waals surface area contributed by atoms with Gasteiger partial charge in [-0.2, -0.15) is 0 Å². The van der Waals surface area contributed by atoms with Crippen LogP contribution in [0.5, 0.6) is 0 Å². The van der Waals surface area contributed by atoms with Gasteiger partial charge in [-0.1, -0.05) is 30.4 Å². The van der Waals surface area contributed by atoms with Crippen molar-refractivity contribution < 1.29 is 27.5 Å². The van der Waals surface area contributed by atoms with E-state index in [9.17, 15) is 18.0 Å². The van der Waals surface area contributed by atoms with E-state index < -0.39 is 10.0 Å². The Kier molecular flexibility index (Phi) is 16.3. The summed E-state index contributed by atoms with van der Waals surface area (Å²) in [6.07, 6.45) is 9.29. The molecule has 0 aliphatic heterocycles. The second-order valence-electron chi connectivity index (χ2n) is 13.7. The minimum absolute atomic E-state index is 0.219. The monoisotopic (exact) mass is 751 g/mol. The van der Waals surface area contributed by atoms with Crippen molar-refractivity contribution in [2.24, 2.45) is 0 Å². The van der Waals surface area contributed by atoms with Crippen molar-refractivity contribution in [3.8, 4) is 0 Å². The van der Waals surface area contributed by atoms with Crippen LogP contribution >= 0.6 is 0 Å². The summed E-state index contributed by atoms with van der Waals surface area (Å²) in [5.74, 6) is 0. The quantitative estimate of drug-likeness (QED) is 0.199. The van der Waals surface area contributed by atoms with Crippen LogP contribution in [0.4, 0.5) is 21.0 Å². The molecule has 53 heavy (non-hydrogen) atoms. The number of rotatable bonds is 6. The third-order valence-electron chi connectivity index (χ3n) is 7.42. The van der Waals surface area contributed by atoms with Crippen LogP contribution in [-0.4, -0.2) is 81.7 Å². The van der Waals surface area contributed by atoms with E-state index in [1.54, 1.807) is 58.5 Å². The molecule has 0 fully saturated rings. The van der Waals surface area contributed by atoms with Crippen LogP contribution in [-0.2, 0) is 25.9 Å². The van der Waals surface area contributed by atoms with Gasteiger partial charge < -0.3 is 30.7 Å². The minimum atomic E-state index is -3.64. The molecule has 4 aromatic rings. The number of carbonyl (C=O) groups excluding carboxylic acids is 2. The standard InChI is InChI=1S/C13H11N3O2S.2C9H19NO2.C8H8N2/c14-12-6-8-15-13-11(12)7-9-16(13)19(17,18)10-4-2-1-3-5-10;2*1-6-10(7-2)8(11)12-9(3,4)5;9-7-4-5-10-8-3-1-2-6(7)8/h1-9H,(H2,14,15);2*6-7H2,1-5H3;1-2,4-5H,3H2,(H2,9,10). The van der Waals surface area contributed by atoms with E-state index >= 15 is 0 Å². The average molecular weight is 752 g/mol. The van der Waals surface area contributed by atoms with Gasteiger partial charge >= 0.3 is 12.2 Å². The molecule has 0 atom stereocenters. The SMILES string of the molecule is CCN(CC)C(=O)OC(C)(C)C.CCN(CC)C(=O)OC(C)(C)C.Nc1ccnc2c1C=CC2.Nc1ccnc2c1ccn2S(=O)(=O)c1ccccc1. The van der Waals surface area contributed by atoms with Crippen molar-refractivity contribution in [3.63, 3.8) is 0 Å². The molecule has 5 rings (SSSR count). The van der Waals surface area contributed by atoms with Crippen molar-refractivity contribution in [2.75, 3.05) is 37.6 Å². The normalized spacial score (nSPS) is 11.8. The van der Waals surface area contributed by atoms with Crippen LogP contribution in [0.1, 0.15) is 80.5 Å². The smallest absolute Gasteiger partial charge is 0.410 e. The van der Waals surface area contributed by atoms with Crippen LogP contribution in [0.15, 0.2) is 78.1 Å². The van der Waals surface area contributed by atoms with E-state index in [2.05, 4.69) is 16.0 Å². The summed E-state index contributed by atoms with van der Waals surface area (Å²) in [6, 6.07) is 13.3. The van der Waals surface area contributed by atoms with Gasteiger partial charge in [0.1, 0.15) is 11.2 Å². The Balaban J connectivity index is 0.000000254. The molecule has 3 heterocycles. The van der Waals surface area contributed by atoms with Gasteiger partial charge in [0.25, 0.3) is 10.0 Å². The number of amides is 2. The molecule has 2 amide bonds. The number of allylic oxidation sites excluding steroid dienone is 1. The Bertz CT molecular complexity index is 1870. The first-order valence-corrected chi connectivity index (χ1v) is 19.1. The van der Waals surface area contributed by atoms with Crippen molar-refractivity contribution >= 4 is 50.7 Å². The lowest BCUT2D eigenvalue weighted by Gasteiger charge is -2.25. The molecule has 0 spiro atoms. The number of hydrogen-bond donors (Lipinski definition) is 2. The van der Waals surface area contributed by atoms with Crippen LogP contribution in [0.2, 0.25) is 0 Å². The highest BCUT2D eigenvalue weighted by Gasteiger charge is 2.21. The lowest BCUT2D eigenvalue weighted by molar-refractivity contribution is 0.0259. The van der Waals surface area contributed by atoms with Crippen molar-refractivity contribution in [3.05, 3.63) is 84.5 Å². The second-order valence-corrected chi connectivity index (χ2v) is 15.6. The Morgan fingerprint density at radius 3 is 1.72 bits per heavy atom. The Hall–Kier alpha value is -5.11. The Labute approximate surface area is 315 Å². The maximum Gasteiger partial charge on any atom is 0.410 e. The van der Waals surface area contributed by atoms with Gasteiger partial charge in [0, 0.05) is 73.5 Å². The number of aromatic nitrogens is 3. The molecule has 0 bridgehead atoms. The summed E-state index contributed by atoms with van der Waals surface area (Å²) >= 11 is 0. The van der Waals surface area contributed by atoms with Crippen molar-refractivity contribution in [1.29, 1.82) is 0 Å². The fourth-order valence-corrected chi connectivity index (χ4v) is 6.05. The number of nitrogens with zero attached hydrogens (tertiary/aromatic N) is 5. The van der Waals surface area contributed by atoms with Crippen LogP contribution in [0.25, 0.3) is 17.1 Å². The first kappa shape index (κ1) is 44.1. The molecule has 1 aromatic carbocycles. The molecule has 0 unspecified atom stereocenters. The molecule has 0 saturated heterocycles. The number of nitrogens with two attached hydrogens (primary N) is 2. The predicted octanol–water partition coefficient (Wildman–Crippen LogP) is 7.62. The molecule has 1 aliphatic carbocycles. The third kappa shape index (κ3) is 13.4. The summed E-state index contributed by atoms with van der Waals surface area (Å²) < 4.78 is 36.5. The molecule has 290 valence electrons. The lowest BCUT2D eigenvalue weighted by Crippen LogP contribution is -2.36. The predicted molar refractivity (Wildman–Crippen MR) is 213 cm³/mol. The molecule has 13 nitrogen and oxygen atoms in total.